The third-order valence-corrected chi connectivity index (χ3v) is 3.52. The Bertz CT molecular complexity index is 539. The van der Waals surface area contributed by atoms with E-state index < -0.39 is 0 Å². The SMILES string of the molecule is CC(=O)Nc1ccsc1CNc1cc(C)n(C)n1. The lowest BCUT2D eigenvalue weighted by atomic mass is 10.3. The summed E-state index contributed by atoms with van der Waals surface area (Å²) in [5.41, 5.74) is 1.97. The second-order valence-corrected chi connectivity index (χ2v) is 5.09. The Kier molecular flexibility index (Phi) is 3.66. The van der Waals surface area contributed by atoms with E-state index in [1.807, 2.05) is 36.2 Å². The molecule has 0 aliphatic carbocycles. The first-order valence-corrected chi connectivity index (χ1v) is 6.52. The minimum atomic E-state index is -0.0525. The third-order valence-electron chi connectivity index (χ3n) is 2.60. The van der Waals surface area contributed by atoms with Crippen molar-refractivity contribution in [2.45, 2.75) is 20.4 Å². The topological polar surface area (TPSA) is 59.0 Å². The predicted molar refractivity (Wildman–Crippen MR) is 73.9 cm³/mol. The zero-order valence-corrected chi connectivity index (χ0v) is 11.5. The molecule has 0 aliphatic rings. The van der Waals surface area contributed by atoms with Gasteiger partial charge in [-0.3, -0.25) is 9.48 Å². The van der Waals surface area contributed by atoms with Gasteiger partial charge in [0.15, 0.2) is 0 Å². The van der Waals surface area contributed by atoms with Gasteiger partial charge < -0.3 is 10.6 Å². The molecule has 0 radical (unpaired) electrons. The van der Waals surface area contributed by atoms with Crippen LogP contribution >= 0.6 is 11.3 Å². The molecular weight excluding hydrogens is 248 g/mol. The van der Waals surface area contributed by atoms with Crippen LogP contribution in [0.2, 0.25) is 0 Å². The van der Waals surface area contributed by atoms with Crippen LogP contribution in [0.4, 0.5) is 11.5 Å². The van der Waals surface area contributed by atoms with E-state index in [1.54, 1.807) is 11.3 Å². The average molecular weight is 264 g/mol. The summed E-state index contributed by atoms with van der Waals surface area (Å²) in [6, 6.07) is 3.90. The number of thiophene rings is 1. The number of aryl methyl sites for hydroxylation is 2. The van der Waals surface area contributed by atoms with Gasteiger partial charge >= 0.3 is 0 Å². The van der Waals surface area contributed by atoms with Gasteiger partial charge in [0.1, 0.15) is 5.82 Å². The number of rotatable bonds is 4. The van der Waals surface area contributed by atoms with Gasteiger partial charge in [-0.25, -0.2) is 0 Å². The highest BCUT2D eigenvalue weighted by atomic mass is 32.1. The molecule has 2 heterocycles. The van der Waals surface area contributed by atoms with Crippen molar-refractivity contribution >= 4 is 28.7 Å². The summed E-state index contributed by atoms with van der Waals surface area (Å²) in [5.74, 6) is 0.792. The minimum absolute atomic E-state index is 0.0525. The number of nitrogens with zero attached hydrogens (tertiary/aromatic N) is 2. The molecule has 2 aromatic heterocycles. The van der Waals surface area contributed by atoms with Crippen molar-refractivity contribution in [3.63, 3.8) is 0 Å². The summed E-state index contributed by atoms with van der Waals surface area (Å²) >= 11 is 1.61. The number of nitrogens with one attached hydrogen (secondary N) is 2. The Balaban J connectivity index is 2.02. The Labute approximate surface area is 110 Å². The predicted octanol–water partition coefficient (Wildman–Crippen LogP) is 2.36. The van der Waals surface area contributed by atoms with Crippen molar-refractivity contribution in [1.82, 2.24) is 9.78 Å². The van der Waals surface area contributed by atoms with Crippen molar-refractivity contribution in [3.8, 4) is 0 Å². The number of hydrogen-bond donors (Lipinski definition) is 2. The molecule has 0 fully saturated rings. The van der Waals surface area contributed by atoms with Gasteiger partial charge in [-0.2, -0.15) is 5.10 Å². The largest absolute Gasteiger partial charge is 0.364 e. The lowest BCUT2D eigenvalue weighted by molar-refractivity contribution is -0.114. The van der Waals surface area contributed by atoms with E-state index >= 15 is 0 Å². The number of hydrogen-bond acceptors (Lipinski definition) is 4. The first-order valence-electron chi connectivity index (χ1n) is 5.64. The fourth-order valence-electron chi connectivity index (χ4n) is 1.60. The monoisotopic (exact) mass is 264 g/mol. The van der Waals surface area contributed by atoms with Crippen molar-refractivity contribution < 1.29 is 4.79 Å². The molecule has 0 atom stereocenters. The van der Waals surface area contributed by atoms with Gasteiger partial charge in [-0.1, -0.05) is 0 Å². The molecule has 6 heteroatoms. The number of aromatic nitrogens is 2. The lowest BCUT2D eigenvalue weighted by Gasteiger charge is -2.05. The maximum absolute atomic E-state index is 11.0. The van der Waals surface area contributed by atoms with E-state index in [4.69, 9.17) is 0 Å². The van der Waals surface area contributed by atoms with Crippen LogP contribution in [0.3, 0.4) is 0 Å². The van der Waals surface area contributed by atoms with Crippen molar-refractivity contribution in [2.24, 2.45) is 7.05 Å². The molecule has 0 bridgehead atoms. The minimum Gasteiger partial charge on any atom is -0.364 e. The molecule has 1 amide bonds. The smallest absolute Gasteiger partial charge is 0.221 e. The third kappa shape index (κ3) is 2.89. The van der Waals surface area contributed by atoms with Crippen molar-refractivity contribution in [2.75, 3.05) is 10.6 Å². The second kappa shape index (κ2) is 5.22. The standard InChI is InChI=1S/C12H16N4OS/c1-8-6-12(15-16(8)3)13-7-11-10(4-5-18-11)14-9(2)17/h4-6H,7H2,1-3H3,(H,13,15)(H,14,17). The number of anilines is 2. The van der Waals surface area contributed by atoms with Gasteiger partial charge in [0.25, 0.3) is 0 Å². The van der Waals surface area contributed by atoms with Gasteiger partial charge in [0.05, 0.1) is 12.2 Å². The summed E-state index contributed by atoms with van der Waals surface area (Å²) in [6.45, 7) is 4.17. The van der Waals surface area contributed by atoms with Gasteiger partial charge in [-0.15, -0.1) is 11.3 Å². The summed E-state index contributed by atoms with van der Waals surface area (Å²) in [7, 11) is 1.91. The summed E-state index contributed by atoms with van der Waals surface area (Å²) in [4.78, 5) is 12.1. The molecule has 2 rings (SSSR count). The van der Waals surface area contributed by atoms with Crippen LogP contribution in [0, 0.1) is 6.92 Å². The molecule has 0 unspecified atom stereocenters. The first kappa shape index (κ1) is 12.6. The maximum atomic E-state index is 11.0. The Morgan fingerprint density at radius 1 is 1.56 bits per heavy atom. The molecule has 2 aromatic rings. The summed E-state index contributed by atoms with van der Waals surface area (Å²) in [5, 5.41) is 12.3. The summed E-state index contributed by atoms with van der Waals surface area (Å²) < 4.78 is 1.82. The van der Waals surface area contributed by atoms with E-state index in [-0.39, 0.29) is 5.91 Å². The van der Waals surface area contributed by atoms with Gasteiger partial charge in [-0.05, 0) is 18.4 Å². The molecule has 0 aromatic carbocycles. The van der Waals surface area contributed by atoms with E-state index in [0.717, 1.165) is 22.1 Å². The van der Waals surface area contributed by atoms with Crippen LogP contribution in [0.15, 0.2) is 17.5 Å². The first-order chi connectivity index (χ1) is 8.56. The van der Waals surface area contributed by atoms with Crippen LogP contribution < -0.4 is 10.6 Å². The highest BCUT2D eigenvalue weighted by molar-refractivity contribution is 7.10. The van der Waals surface area contributed by atoms with Crippen molar-refractivity contribution in [1.29, 1.82) is 0 Å². The fraction of sp³-hybridized carbons (Fsp3) is 0.333. The molecular formula is C12H16N4OS. The van der Waals surface area contributed by atoms with E-state index in [0.29, 0.717) is 6.54 Å². The normalized spacial score (nSPS) is 10.4. The highest BCUT2D eigenvalue weighted by Gasteiger charge is 2.07. The van der Waals surface area contributed by atoms with E-state index in [1.165, 1.54) is 6.92 Å². The fourth-order valence-corrected chi connectivity index (χ4v) is 2.37. The Hall–Kier alpha value is -1.82. The van der Waals surface area contributed by atoms with Crippen LogP contribution in [0.5, 0.6) is 0 Å². The average Bonchev–Trinajstić information content (AvgIpc) is 2.83. The van der Waals surface area contributed by atoms with Crippen LogP contribution in [-0.2, 0) is 18.4 Å². The molecule has 0 saturated carbocycles. The molecule has 0 saturated heterocycles. The summed E-state index contributed by atoms with van der Waals surface area (Å²) in [6.07, 6.45) is 0. The maximum Gasteiger partial charge on any atom is 0.221 e. The molecule has 96 valence electrons. The van der Waals surface area contributed by atoms with Gasteiger partial charge in [0, 0.05) is 30.6 Å². The number of amides is 1. The van der Waals surface area contributed by atoms with E-state index in [9.17, 15) is 4.79 Å². The van der Waals surface area contributed by atoms with Gasteiger partial charge in [0.2, 0.25) is 5.91 Å². The Morgan fingerprint density at radius 3 is 2.94 bits per heavy atom. The zero-order chi connectivity index (χ0) is 13.1. The molecule has 0 aliphatic heterocycles. The van der Waals surface area contributed by atoms with Crippen LogP contribution in [0.1, 0.15) is 17.5 Å². The quantitative estimate of drug-likeness (QED) is 0.891. The molecule has 0 spiro atoms. The second-order valence-electron chi connectivity index (χ2n) is 4.09. The van der Waals surface area contributed by atoms with Crippen LogP contribution in [0.25, 0.3) is 0 Å². The number of carbonyl (C=O) groups excluding carboxylic acids is 1. The highest BCUT2D eigenvalue weighted by Crippen LogP contribution is 2.23. The molecule has 5 nitrogen and oxygen atoms in total. The van der Waals surface area contributed by atoms with Crippen molar-refractivity contribution in [3.05, 3.63) is 28.1 Å². The molecule has 18 heavy (non-hydrogen) atoms. The molecule has 2 N–H and O–H groups in total. The Morgan fingerprint density at radius 2 is 2.33 bits per heavy atom. The number of carbonyl (C=O) groups is 1. The van der Waals surface area contributed by atoms with Crippen LogP contribution in [-0.4, -0.2) is 15.7 Å². The lowest BCUT2D eigenvalue weighted by Crippen LogP contribution is -2.08. The zero-order valence-electron chi connectivity index (χ0n) is 10.7. The van der Waals surface area contributed by atoms with E-state index in [2.05, 4.69) is 15.7 Å².